The van der Waals surface area contributed by atoms with Crippen LogP contribution < -0.4 is 11.1 Å². The van der Waals surface area contributed by atoms with Crippen LogP contribution in [0, 0.1) is 0 Å². The molecule has 1 aromatic heterocycles. The highest BCUT2D eigenvalue weighted by atomic mass is 32.1. The predicted octanol–water partition coefficient (Wildman–Crippen LogP) is -0.345. The topological polar surface area (TPSA) is 87.9 Å². The molecule has 3 N–H and O–H groups in total. The standard InChI is InChI=1S/C15H24N4O3S/c1-18(15(21)10-17-14(20)9-16)11-12(13-3-2-8-23-13)19-4-6-22-7-5-19/h2-3,8,12H,4-7,9-11,16H2,1H3,(H,17,20). The first-order valence-electron chi connectivity index (χ1n) is 7.67. The second-order valence-electron chi connectivity index (χ2n) is 5.43. The third kappa shape index (κ3) is 5.28. The lowest BCUT2D eigenvalue weighted by Gasteiger charge is -2.36. The molecule has 23 heavy (non-hydrogen) atoms. The van der Waals surface area contributed by atoms with Crippen LogP contribution in [0.5, 0.6) is 0 Å². The molecular weight excluding hydrogens is 316 g/mol. The normalized spacial score (nSPS) is 16.8. The zero-order valence-electron chi connectivity index (χ0n) is 13.4. The lowest BCUT2D eigenvalue weighted by atomic mass is 10.1. The Labute approximate surface area is 140 Å². The maximum absolute atomic E-state index is 12.2. The van der Waals surface area contributed by atoms with Crippen LogP contribution in [-0.4, -0.2) is 74.6 Å². The minimum Gasteiger partial charge on any atom is -0.379 e. The van der Waals surface area contributed by atoms with Gasteiger partial charge >= 0.3 is 0 Å². The van der Waals surface area contributed by atoms with Crippen LogP contribution in [0.15, 0.2) is 17.5 Å². The van der Waals surface area contributed by atoms with Gasteiger partial charge in [-0.3, -0.25) is 14.5 Å². The molecule has 8 heteroatoms. The third-order valence-corrected chi connectivity index (χ3v) is 4.83. The van der Waals surface area contributed by atoms with E-state index < -0.39 is 0 Å². The number of amides is 2. The first kappa shape index (κ1) is 17.9. The molecule has 128 valence electrons. The van der Waals surface area contributed by atoms with Crippen molar-refractivity contribution in [3.8, 4) is 0 Å². The molecule has 0 aromatic carbocycles. The van der Waals surface area contributed by atoms with Crippen LogP contribution in [0.4, 0.5) is 0 Å². The Morgan fingerprint density at radius 3 is 2.83 bits per heavy atom. The number of hydrogen-bond donors (Lipinski definition) is 2. The summed E-state index contributed by atoms with van der Waals surface area (Å²) in [6, 6.07) is 4.27. The number of carbonyl (C=O) groups excluding carboxylic acids is 2. The molecule has 1 unspecified atom stereocenters. The summed E-state index contributed by atoms with van der Waals surface area (Å²) < 4.78 is 5.42. The maximum atomic E-state index is 12.2. The van der Waals surface area contributed by atoms with Gasteiger partial charge in [0.25, 0.3) is 0 Å². The van der Waals surface area contributed by atoms with E-state index in [0.29, 0.717) is 19.8 Å². The zero-order valence-corrected chi connectivity index (χ0v) is 14.2. The molecular formula is C15H24N4O3S. The van der Waals surface area contributed by atoms with Crippen molar-refractivity contribution in [2.45, 2.75) is 6.04 Å². The van der Waals surface area contributed by atoms with E-state index in [1.54, 1.807) is 23.3 Å². The van der Waals surface area contributed by atoms with Crippen molar-refractivity contribution >= 4 is 23.2 Å². The first-order valence-corrected chi connectivity index (χ1v) is 8.55. The van der Waals surface area contributed by atoms with Gasteiger partial charge in [0.1, 0.15) is 0 Å². The fraction of sp³-hybridized carbons (Fsp3) is 0.600. The third-order valence-electron chi connectivity index (χ3n) is 3.85. The lowest BCUT2D eigenvalue weighted by Crippen LogP contribution is -2.46. The summed E-state index contributed by atoms with van der Waals surface area (Å²) in [5.41, 5.74) is 5.22. The molecule has 1 atom stereocenters. The molecule has 2 rings (SSSR count). The Morgan fingerprint density at radius 1 is 1.48 bits per heavy atom. The van der Waals surface area contributed by atoms with E-state index in [2.05, 4.69) is 16.3 Å². The van der Waals surface area contributed by atoms with Crippen LogP contribution in [0.2, 0.25) is 0 Å². The number of hydrogen-bond acceptors (Lipinski definition) is 6. The van der Waals surface area contributed by atoms with Crippen LogP contribution in [0.3, 0.4) is 0 Å². The lowest BCUT2D eigenvalue weighted by molar-refractivity contribution is -0.132. The first-order chi connectivity index (χ1) is 11.1. The Bertz CT molecular complexity index is 503. The predicted molar refractivity (Wildman–Crippen MR) is 89.2 cm³/mol. The molecule has 1 aliphatic rings. The van der Waals surface area contributed by atoms with Gasteiger partial charge in [-0.05, 0) is 11.4 Å². The molecule has 0 spiro atoms. The Hall–Kier alpha value is -1.48. The molecule has 1 fully saturated rings. The fourth-order valence-corrected chi connectivity index (χ4v) is 3.35. The highest BCUT2D eigenvalue weighted by Crippen LogP contribution is 2.26. The van der Waals surface area contributed by atoms with Gasteiger partial charge in [-0.2, -0.15) is 0 Å². The van der Waals surface area contributed by atoms with Crippen molar-refractivity contribution in [3.63, 3.8) is 0 Å². The minimum atomic E-state index is -0.324. The molecule has 2 heterocycles. The Kier molecular flexibility index (Phi) is 6.97. The van der Waals surface area contributed by atoms with E-state index in [1.165, 1.54) is 4.88 Å². The molecule has 1 aliphatic heterocycles. The van der Waals surface area contributed by atoms with Gasteiger partial charge in [0, 0.05) is 31.6 Å². The number of likely N-dealkylation sites (N-methyl/N-ethyl adjacent to an activating group) is 1. The van der Waals surface area contributed by atoms with Crippen molar-refractivity contribution in [2.75, 3.05) is 53.0 Å². The smallest absolute Gasteiger partial charge is 0.241 e. The summed E-state index contributed by atoms with van der Waals surface area (Å²) in [6.45, 7) is 3.59. The average Bonchev–Trinajstić information content (AvgIpc) is 3.11. The summed E-state index contributed by atoms with van der Waals surface area (Å²) in [5.74, 6) is -0.448. The number of carbonyl (C=O) groups is 2. The van der Waals surface area contributed by atoms with E-state index >= 15 is 0 Å². The molecule has 7 nitrogen and oxygen atoms in total. The number of nitrogens with two attached hydrogens (primary N) is 1. The van der Waals surface area contributed by atoms with Gasteiger partial charge in [-0.25, -0.2) is 0 Å². The van der Waals surface area contributed by atoms with Crippen LogP contribution in [0.25, 0.3) is 0 Å². The molecule has 0 radical (unpaired) electrons. The average molecular weight is 340 g/mol. The van der Waals surface area contributed by atoms with Gasteiger partial charge < -0.3 is 20.7 Å². The van der Waals surface area contributed by atoms with Gasteiger partial charge in [0.2, 0.25) is 11.8 Å². The summed E-state index contributed by atoms with van der Waals surface area (Å²) in [4.78, 5) is 28.6. The van der Waals surface area contributed by atoms with Gasteiger partial charge in [0.05, 0.1) is 32.3 Å². The van der Waals surface area contributed by atoms with Crippen molar-refractivity contribution in [3.05, 3.63) is 22.4 Å². The quantitative estimate of drug-likeness (QED) is 0.709. The van der Waals surface area contributed by atoms with Crippen LogP contribution >= 0.6 is 11.3 Å². The van der Waals surface area contributed by atoms with Gasteiger partial charge in [-0.1, -0.05) is 6.07 Å². The summed E-state index contributed by atoms with van der Waals surface area (Å²) >= 11 is 1.69. The number of rotatable bonds is 7. The maximum Gasteiger partial charge on any atom is 0.241 e. The minimum absolute atomic E-state index is 0.0210. The summed E-state index contributed by atoms with van der Waals surface area (Å²) in [5, 5.41) is 4.56. The van der Waals surface area contributed by atoms with E-state index in [0.717, 1.165) is 13.1 Å². The van der Waals surface area contributed by atoms with Crippen molar-refractivity contribution in [1.82, 2.24) is 15.1 Å². The van der Waals surface area contributed by atoms with E-state index in [-0.39, 0.29) is 30.9 Å². The highest BCUT2D eigenvalue weighted by molar-refractivity contribution is 7.10. The monoisotopic (exact) mass is 340 g/mol. The summed E-state index contributed by atoms with van der Waals surface area (Å²) in [6.07, 6.45) is 0. The molecule has 0 bridgehead atoms. The Balaban J connectivity index is 1.96. The van der Waals surface area contributed by atoms with Gasteiger partial charge in [-0.15, -0.1) is 11.3 Å². The molecule has 2 amide bonds. The molecule has 1 aromatic rings. The number of nitrogens with zero attached hydrogens (tertiary/aromatic N) is 2. The number of nitrogens with one attached hydrogen (secondary N) is 1. The van der Waals surface area contributed by atoms with Crippen LogP contribution in [0.1, 0.15) is 10.9 Å². The largest absolute Gasteiger partial charge is 0.379 e. The number of ether oxygens (including phenoxy) is 1. The van der Waals surface area contributed by atoms with E-state index in [1.807, 2.05) is 11.4 Å². The summed E-state index contributed by atoms with van der Waals surface area (Å²) in [7, 11) is 1.76. The number of thiophene rings is 1. The molecule has 1 saturated heterocycles. The second kappa shape index (κ2) is 8.97. The molecule has 0 saturated carbocycles. The van der Waals surface area contributed by atoms with Crippen molar-refractivity contribution < 1.29 is 14.3 Å². The van der Waals surface area contributed by atoms with Crippen molar-refractivity contribution in [2.24, 2.45) is 5.73 Å². The van der Waals surface area contributed by atoms with E-state index in [4.69, 9.17) is 10.5 Å². The highest BCUT2D eigenvalue weighted by Gasteiger charge is 2.26. The number of morpholine rings is 1. The zero-order chi connectivity index (χ0) is 16.7. The van der Waals surface area contributed by atoms with Crippen molar-refractivity contribution in [1.29, 1.82) is 0 Å². The fourth-order valence-electron chi connectivity index (χ4n) is 2.50. The van der Waals surface area contributed by atoms with Crippen LogP contribution in [-0.2, 0) is 14.3 Å². The SMILES string of the molecule is CN(CC(c1cccs1)N1CCOCC1)C(=O)CNC(=O)CN. The second-order valence-corrected chi connectivity index (χ2v) is 6.41. The van der Waals surface area contributed by atoms with E-state index in [9.17, 15) is 9.59 Å². The molecule has 0 aliphatic carbocycles. The Morgan fingerprint density at radius 2 is 2.22 bits per heavy atom. The van der Waals surface area contributed by atoms with Gasteiger partial charge in [0.15, 0.2) is 0 Å².